The molecule has 0 aliphatic rings. The minimum Gasteiger partial charge on any atom is -0.358 e. The average Bonchev–Trinajstić information content (AvgIpc) is 2.94. The lowest BCUT2D eigenvalue weighted by atomic mass is 10.4. The summed E-state index contributed by atoms with van der Waals surface area (Å²) in [6, 6.07) is 0. The first-order valence-corrected chi connectivity index (χ1v) is 6.58. The van der Waals surface area contributed by atoms with E-state index in [2.05, 4.69) is 20.5 Å². The van der Waals surface area contributed by atoms with Gasteiger partial charge in [0.15, 0.2) is 0 Å². The van der Waals surface area contributed by atoms with Crippen molar-refractivity contribution in [1.82, 2.24) is 24.4 Å². The molecule has 0 aliphatic carbocycles. The van der Waals surface area contributed by atoms with Crippen molar-refractivity contribution in [2.45, 2.75) is 20.4 Å². The molecule has 3 rings (SSSR count). The summed E-state index contributed by atoms with van der Waals surface area (Å²) in [4.78, 5) is 5.29. The van der Waals surface area contributed by atoms with Crippen molar-refractivity contribution in [3.63, 3.8) is 0 Å². The van der Waals surface area contributed by atoms with Gasteiger partial charge in [0, 0.05) is 12.7 Å². The molecule has 3 heterocycles. The summed E-state index contributed by atoms with van der Waals surface area (Å²) in [6.07, 6.45) is 5.81. The van der Waals surface area contributed by atoms with E-state index in [1.807, 2.05) is 37.1 Å². The Morgan fingerprint density at radius 3 is 2.94 bits per heavy atom. The van der Waals surface area contributed by atoms with E-state index in [4.69, 9.17) is 0 Å². The lowest BCUT2D eigenvalue weighted by Crippen LogP contribution is -2.10. The summed E-state index contributed by atoms with van der Waals surface area (Å²) >= 11 is 1.56. The van der Waals surface area contributed by atoms with Crippen molar-refractivity contribution in [3.8, 4) is 0 Å². The van der Waals surface area contributed by atoms with Crippen molar-refractivity contribution in [2.24, 2.45) is 0 Å². The van der Waals surface area contributed by atoms with Crippen LogP contribution in [0.4, 0.5) is 5.13 Å². The first-order valence-electron chi connectivity index (χ1n) is 5.76. The first kappa shape index (κ1) is 11.2. The highest BCUT2D eigenvalue weighted by atomic mass is 32.1. The molecule has 0 atom stereocenters. The van der Waals surface area contributed by atoms with Gasteiger partial charge in [-0.05, 0) is 19.4 Å². The molecule has 0 amide bonds. The van der Waals surface area contributed by atoms with Gasteiger partial charge in [0.1, 0.15) is 0 Å². The van der Waals surface area contributed by atoms with Gasteiger partial charge in [-0.15, -0.1) is 5.10 Å². The zero-order chi connectivity index (χ0) is 12.5. The number of hydrogen-bond acceptors (Lipinski definition) is 5. The van der Waals surface area contributed by atoms with E-state index >= 15 is 0 Å². The third-order valence-corrected chi connectivity index (χ3v) is 3.42. The third kappa shape index (κ3) is 2.21. The topological polar surface area (TPSA) is 60.0 Å². The first-order chi connectivity index (χ1) is 8.70. The molecular weight excluding hydrogens is 248 g/mol. The number of anilines is 1. The van der Waals surface area contributed by atoms with Gasteiger partial charge in [0.05, 0.1) is 24.6 Å². The molecule has 0 saturated heterocycles. The predicted octanol–water partition coefficient (Wildman–Crippen LogP) is 1.72. The molecule has 94 valence electrons. The molecule has 0 spiro atoms. The minimum atomic E-state index is 0.802. The molecule has 3 aromatic rings. The van der Waals surface area contributed by atoms with E-state index in [0.717, 1.165) is 28.9 Å². The maximum Gasteiger partial charge on any atom is 0.214 e. The van der Waals surface area contributed by atoms with Crippen molar-refractivity contribution in [2.75, 3.05) is 11.9 Å². The summed E-state index contributed by atoms with van der Waals surface area (Å²) in [5.74, 6) is 0. The van der Waals surface area contributed by atoms with Crippen molar-refractivity contribution < 1.29 is 0 Å². The second-order valence-electron chi connectivity index (χ2n) is 4.22. The lowest BCUT2D eigenvalue weighted by Gasteiger charge is -2.01. The molecule has 0 fully saturated rings. The van der Waals surface area contributed by atoms with Crippen LogP contribution in [-0.2, 0) is 6.54 Å². The van der Waals surface area contributed by atoms with Gasteiger partial charge in [-0.2, -0.15) is 5.10 Å². The van der Waals surface area contributed by atoms with Crippen LogP contribution in [0.25, 0.3) is 4.96 Å². The fourth-order valence-corrected chi connectivity index (χ4v) is 2.60. The van der Waals surface area contributed by atoms with Gasteiger partial charge in [0.25, 0.3) is 0 Å². The maximum absolute atomic E-state index is 4.40. The molecule has 0 radical (unpaired) electrons. The summed E-state index contributed by atoms with van der Waals surface area (Å²) in [5, 5.41) is 12.8. The number of fused-ring (bicyclic) bond motifs is 1. The molecule has 3 aromatic heterocycles. The molecule has 7 heteroatoms. The van der Waals surface area contributed by atoms with Crippen LogP contribution in [0.5, 0.6) is 0 Å². The summed E-state index contributed by atoms with van der Waals surface area (Å²) in [6.45, 7) is 5.63. The predicted molar refractivity (Wildman–Crippen MR) is 71.1 cm³/mol. The van der Waals surface area contributed by atoms with E-state index in [0.29, 0.717) is 0 Å². The van der Waals surface area contributed by atoms with Gasteiger partial charge in [-0.25, -0.2) is 9.50 Å². The zero-order valence-electron chi connectivity index (χ0n) is 10.3. The monoisotopic (exact) mass is 262 g/mol. The summed E-state index contributed by atoms with van der Waals surface area (Å²) < 4.78 is 3.73. The Hall–Kier alpha value is -1.89. The summed E-state index contributed by atoms with van der Waals surface area (Å²) in [7, 11) is 0. The molecule has 0 bridgehead atoms. The Labute approximate surface area is 108 Å². The quantitative estimate of drug-likeness (QED) is 0.777. The Bertz CT molecular complexity index is 632. The van der Waals surface area contributed by atoms with E-state index in [-0.39, 0.29) is 0 Å². The van der Waals surface area contributed by atoms with Gasteiger partial charge < -0.3 is 5.32 Å². The molecular formula is C11H14N6S. The van der Waals surface area contributed by atoms with Crippen LogP contribution in [-0.4, -0.2) is 30.9 Å². The maximum atomic E-state index is 4.40. The number of nitrogens with zero attached hydrogens (tertiary/aromatic N) is 5. The zero-order valence-corrected chi connectivity index (χ0v) is 11.1. The number of aromatic nitrogens is 5. The van der Waals surface area contributed by atoms with Crippen LogP contribution in [0.15, 0.2) is 18.6 Å². The Morgan fingerprint density at radius 1 is 1.33 bits per heavy atom. The van der Waals surface area contributed by atoms with E-state index in [1.165, 1.54) is 5.56 Å². The van der Waals surface area contributed by atoms with Crippen LogP contribution in [0.1, 0.15) is 11.3 Å². The molecule has 0 aliphatic heterocycles. The largest absolute Gasteiger partial charge is 0.358 e. The van der Waals surface area contributed by atoms with Gasteiger partial charge in [-0.1, -0.05) is 11.3 Å². The smallest absolute Gasteiger partial charge is 0.214 e. The van der Waals surface area contributed by atoms with Gasteiger partial charge in [-0.3, -0.25) is 4.68 Å². The van der Waals surface area contributed by atoms with Crippen LogP contribution in [0, 0.1) is 13.8 Å². The average molecular weight is 262 g/mol. The number of nitrogens with one attached hydrogen (secondary N) is 1. The van der Waals surface area contributed by atoms with Crippen molar-refractivity contribution >= 4 is 21.4 Å². The highest BCUT2D eigenvalue weighted by molar-refractivity contribution is 7.20. The Morgan fingerprint density at radius 2 is 2.22 bits per heavy atom. The van der Waals surface area contributed by atoms with E-state index < -0.39 is 0 Å². The highest BCUT2D eigenvalue weighted by Crippen LogP contribution is 2.18. The standard InChI is InChI=1S/C11H14N6S/c1-8-5-13-16(6-8)4-3-12-10-15-17-7-9(2)14-11(17)18-10/h5-7H,3-4H2,1-2H3,(H,12,15). The van der Waals surface area contributed by atoms with Crippen LogP contribution >= 0.6 is 11.3 Å². The van der Waals surface area contributed by atoms with E-state index in [1.54, 1.807) is 15.9 Å². The molecule has 0 saturated carbocycles. The number of imidazole rings is 1. The van der Waals surface area contributed by atoms with Crippen LogP contribution < -0.4 is 5.32 Å². The Balaban J connectivity index is 1.60. The molecule has 1 N–H and O–H groups in total. The summed E-state index contributed by atoms with van der Waals surface area (Å²) in [5.41, 5.74) is 2.17. The normalized spacial score (nSPS) is 11.2. The van der Waals surface area contributed by atoms with E-state index in [9.17, 15) is 0 Å². The fraction of sp³-hybridized carbons (Fsp3) is 0.364. The van der Waals surface area contributed by atoms with Crippen LogP contribution in [0.2, 0.25) is 0 Å². The second kappa shape index (κ2) is 4.41. The number of aryl methyl sites for hydroxylation is 2. The van der Waals surface area contributed by atoms with Crippen molar-refractivity contribution in [3.05, 3.63) is 29.8 Å². The number of rotatable bonds is 4. The molecule has 0 unspecified atom stereocenters. The van der Waals surface area contributed by atoms with Crippen LogP contribution in [0.3, 0.4) is 0 Å². The third-order valence-electron chi connectivity index (χ3n) is 2.54. The van der Waals surface area contributed by atoms with Gasteiger partial charge in [0.2, 0.25) is 10.1 Å². The molecule has 18 heavy (non-hydrogen) atoms. The van der Waals surface area contributed by atoms with Crippen molar-refractivity contribution in [1.29, 1.82) is 0 Å². The lowest BCUT2D eigenvalue weighted by molar-refractivity contribution is 0.637. The van der Waals surface area contributed by atoms with Gasteiger partial charge >= 0.3 is 0 Å². The Kier molecular flexibility index (Phi) is 2.75. The molecule has 6 nitrogen and oxygen atoms in total. The fourth-order valence-electron chi connectivity index (χ4n) is 1.75. The number of hydrogen-bond donors (Lipinski definition) is 1. The minimum absolute atomic E-state index is 0.802. The molecule has 0 aromatic carbocycles. The highest BCUT2D eigenvalue weighted by Gasteiger charge is 2.05. The second-order valence-corrected chi connectivity index (χ2v) is 5.18. The SMILES string of the molecule is Cc1cnn(CCNc2nn3cc(C)nc3s2)c1.